The number of hydrogen-bond acceptors (Lipinski definition) is 2. The number of hydrogen-bond donors (Lipinski definition) is 0. The Morgan fingerprint density at radius 3 is 2.04 bits per heavy atom. The van der Waals surface area contributed by atoms with Crippen molar-refractivity contribution in [2.24, 2.45) is 0 Å². The number of benzene rings is 2. The van der Waals surface area contributed by atoms with Crippen molar-refractivity contribution in [1.82, 2.24) is 0 Å². The van der Waals surface area contributed by atoms with E-state index in [1.54, 1.807) is 6.07 Å². The summed E-state index contributed by atoms with van der Waals surface area (Å²) >= 11 is 0. The summed E-state index contributed by atoms with van der Waals surface area (Å²) in [7, 11) is 0. The van der Waals surface area contributed by atoms with Gasteiger partial charge in [0, 0.05) is 16.8 Å². The van der Waals surface area contributed by atoms with E-state index in [1.165, 1.54) is 0 Å². The molecule has 140 valence electrons. The van der Waals surface area contributed by atoms with Crippen molar-refractivity contribution in [3.8, 4) is 11.1 Å². The fourth-order valence-electron chi connectivity index (χ4n) is 3.81. The van der Waals surface area contributed by atoms with Crippen molar-refractivity contribution in [2.45, 2.75) is 65.0 Å². The van der Waals surface area contributed by atoms with Gasteiger partial charge in [-0.2, -0.15) is 0 Å². The third-order valence-corrected chi connectivity index (χ3v) is 5.94. The first kappa shape index (κ1) is 22.2. The van der Waals surface area contributed by atoms with Crippen molar-refractivity contribution in [2.75, 3.05) is 0 Å². The van der Waals surface area contributed by atoms with Crippen LogP contribution in [0.2, 0.25) is 6.32 Å². The Morgan fingerprint density at radius 1 is 0.926 bits per heavy atom. The maximum Gasteiger partial charge on any atom is 1.00 e. The summed E-state index contributed by atoms with van der Waals surface area (Å²) in [4.78, 5) is 0. The molecule has 3 rings (SSSR count). The van der Waals surface area contributed by atoms with E-state index in [4.69, 9.17) is 9.31 Å². The van der Waals surface area contributed by atoms with Crippen LogP contribution in [0.15, 0.2) is 48.5 Å². The molecule has 1 aliphatic rings. The van der Waals surface area contributed by atoms with Gasteiger partial charge in [-0.15, -0.1) is 11.8 Å². The van der Waals surface area contributed by atoms with Gasteiger partial charge in [-0.1, -0.05) is 68.3 Å². The maximum absolute atomic E-state index is 15.0. The van der Waals surface area contributed by atoms with E-state index < -0.39 is 17.8 Å². The molecule has 0 bridgehead atoms. The fraction of sp³-hybridized carbons (Fsp3) is 0.455. The van der Waals surface area contributed by atoms with Gasteiger partial charge < -0.3 is 9.31 Å². The summed E-state index contributed by atoms with van der Waals surface area (Å²) in [6.45, 7) is 8.65. The van der Waals surface area contributed by atoms with Crippen molar-refractivity contribution >= 4 is 12.0 Å². The number of unbranched alkanes of at least 4 members (excludes halogenated alkanes) is 1. The van der Waals surface area contributed by atoms with Gasteiger partial charge in [0.25, 0.3) is 6.55 Å². The van der Waals surface area contributed by atoms with E-state index in [2.05, 4.69) is 34.6 Å². The zero-order chi connectivity index (χ0) is 19.0. The summed E-state index contributed by atoms with van der Waals surface area (Å²) in [5.74, 6) is -0.235. The van der Waals surface area contributed by atoms with E-state index in [-0.39, 0.29) is 24.7 Å². The monoisotopic (exact) mass is 362 g/mol. The molecule has 1 fully saturated rings. The smallest absolute Gasteiger partial charge is 0.558 e. The average molecular weight is 362 g/mol. The molecular weight excluding hydrogens is 333 g/mol. The Balaban J connectivity index is 0.00000261. The van der Waals surface area contributed by atoms with Crippen LogP contribution in [0, 0.1) is 5.82 Å². The molecule has 0 unspecified atom stereocenters. The molecule has 0 saturated carbocycles. The second kappa shape index (κ2) is 8.13. The van der Waals surface area contributed by atoms with Gasteiger partial charge >= 0.3 is 18.9 Å². The molecule has 1 heterocycles. The van der Waals surface area contributed by atoms with E-state index in [9.17, 15) is 4.39 Å². The molecule has 1 aliphatic heterocycles. The Labute approximate surface area is 175 Å². The predicted octanol–water partition coefficient (Wildman–Crippen LogP) is 2.55. The van der Waals surface area contributed by atoms with Crippen LogP contribution in [0.4, 0.5) is 4.39 Å². The third kappa shape index (κ3) is 4.20. The summed E-state index contributed by atoms with van der Waals surface area (Å²) in [6, 6.07) is 15.0. The van der Waals surface area contributed by atoms with Crippen molar-refractivity contribution in [3.05, 3.63) is 54.3 Å². The van der Waals surface area contributed by atoms with Gasteiger partial charge in [0.15, 0.2) is 0 Å². The van der Waals surface area contributed by atoms with Crippen LogP contribution in [-0.2, 0) is 9.31 Å². The zero-order valence-corrected chi connectivity index (χ0v) is 17.5. The summed E-state index contributed by atoms with van der Waals surface area (Å²) in [6.07, 6.45) is 2.79. The van der Waals surface area contributed by atoms with Crippen LogP contribution >= 0.6 is 0 Å². The number of rotatable bonds is 5. The molecule has 0 radical (unpaired) electrons. The second-order valence-electron chi connectivity index (χ2n) is 8.37. The second-order valence-corrected chi connectivity index (χ2v) is 8.37. The molecule has 2 aromatic rings. The molecule has 5 heteroatoms. The summed E-state index contributed by atoms with van der Waals surface area (Å²) in [5.41, 5.74) is 1.42. The zero-order valence-electron chi connectivity index (χ0n) is 17.5. The first-order valence-electron chi connectivity index (χ1n) is 9.62. The SMILES string of the molecule is CCCC[B-]1(c2ccc(-c3ccccc3)c(F)c2)OC(C)(C)C(C)(C)O1.[Li+]. The standard InChI is InChI=1S/C22H29BFO2.Li/c1-6-7-15-23(25-21(2,3)22(4,5)26-23)18-13-14-19(20(24)16-18)17-11-9-8-10-12-17;/h8-14,16H,6-7,15H2,1-5H3;/q-1;+1. The van der Waals surface area contributed by atoms with Crippen molar-refractivity contribution in [3.63, 3.8) is 0 Å². The predicted molar refractivity (Wildman–Crippen MR) is 107 cm³/mol. The number of halogens is 1. The third-order valence-electron chi connectivity index (χ3n) is 5.94. The normalized spacial score (nSPS) is 19.5. The Kier molecular flexibility index (Phi) is 6.70. The molecule has 0 spiro atoms. The van der Waals surface area contributed by atoms with E-state index >= 15 is 0 Å². The Bertz CT molecular complexity index is 761. The van der Waals surface area contributed by atoms with Gasteiger partial charge in [0.2, 0.25) is 0 Å². The fourth-order valence-corrected chi connectivity index (χ4v) is 3.81. The van der Waals surface area contributed by atoms with Gasteiger partial charge in [0.1, 0.15) is 5.82 Å². The minimum absolute atomic E-state index is 0. The molecule has 0 aromatic heterocycles. The Morgan fingerprint density at radius 2 is 1.52 bits per heavy atom. The van der Waals surface area contributed by atoms with Gasteiger partial charge in [-0.05, 0) is 33.3 Å². The van der Waals surface area contributed by atoms with Gasteiger partial charge in [0.05, 0.1) is 0 Å². The first-order valence-corrected chi connectivity index (χ1v) is 9.62. The molecule has 27 heavy (non-hydrogen) atoms. The van der Waals surface area contributed by atoms with Crippen LogP contribution in [0.1, 0.15) is 47.5 Å². The first-order chi connectivity index (χ1) is 12.2. The molecule has 2 nitrogen and oxygen atoms in total. The summed E-state index contributed by atoms with van der Waals surface area (Å²) < 4.78 is 28.0. The van der Waals surface area contributed by atoms with Gasteiger partial charge in [-0.25, -0.2) is 4.39 Å². The van der Waals surface area contributed by atoms with E-state index in [0.717, 1.165) is 30.2 Å². The van der Waals surface area contributed by atoms with Crippen LogP contribution in [-0.4, -0.2) is 17.8 Å². The summed E-state index contributed by atoms with van der Waals surface area (Å²) in [5, 5.41) is 0. The Hall–Kier alpha value is -1.05. The van der Waals surface area contributed by atoms with Crippen LogP contribution in [0.3, 0.4) is 0 Å². The molecule has 0 amide bonds. The van der Waals surface area contributed by atoms with E-state index in [1.807, 2.05) is 42.5 Å². The maximum atomic E-state index is 15.0. The molecule has 0 aliphatic carbocycles. The molecule has 0 atom stereocenters. The minimum Gasteiger partial charge on any atom is -0.558 e. The van der Waals surface area contributed by atoms with E-state index in [0.29, 0.717) is 5.56 Å². The van der Waals surface area contributed by atoms with Crippen LogP contribution in [0.25, 0.3) is 11.1 Å². The van der Waals surface area contributed by atoms with Crippen LogP contribution < -0.4 is 24.3 Å². The molecule has 1 saturated heterocycles. The van der Waals surface area contributed by atoms with Crippen molar-refractivity contribution in [1.29, 1.82) is 0 Å². The molecular formula is C22H29BFLiO2. The average Bonchev–Trinajstić information content (AvgIpc) is 2.79. The van der Waals surface area contributed by atoms with Gasteiger partial charge in [-0.3, -0.25) is 0 Å². The quantitative estimate of drug-likeness (QED) is 0.762. The minimum atomic E-state index is -1.71. The molecule has 0 N–H and O–H groups in total. The molecule has 2 aromatic carbocycles. The van der Waals surface area contributed by atoms with Crippen LogP contribution in [0.5, 0.6) is 0 Å². The largest absolute Gasteiger partial charge is 1.00 e. The topological polar surface area (TPSA) is 18.5 Å². The van der Waals surface area contributed by atoms with Crippen molar-refractivity contribution < 1.29 is 32.6 Å².